The predicted molar refractivity (Wildman–Crippen MR) is 136 cm³/mol. The smallest absolute Gasteiger partial charge is 0.227 e. The van der Waals surface area contributed by atoms with Crippen molar-refractivity contribution in [3.8, 4) is 0 Å². The monoisotopic (exact) mass is 542 g/mol. The van der Waals surface area contributed by atoms with Crippen LogP contribution >= 0.6 is 12.4 Å². The van der Waals surface area contributed by atoms with E-state index in [-0.39, 0.29) is 42.5 Å². The van der Waals surface area contributed by atoms with Gasteiger partial charge in [-0.25, -0.2) is 17.6 Å². The molecule has 2 aliphatic heterocycles. The number of hydrogen-bond donors (Lipinski definition) is 1. The lowest BCUT2D eigenvalue weighted by atomic mass is 9.70. The Hall–Kier alpha value is -2.16. The van der Waals surface area contributed by atoms with Crippen LogP contribution in [0.15, 0.2) is 36.4 Å². The fourth-order valence-electron chi connectivity index (χ4n) is 5.98. The number of piperidine rings is 1. The molecule has 2 saturated heterocycles. The first-order valence-corrected chi connectivity index (χ1v) is 12.4. The summed E-state index contributed by atoms with van der Waals surface area (Å²) >= 11 is 0. The molecule has 0 bridgehead atoms. The quantitative estimate of drug-likeness (QED) is 0.522. The van der Waals surface area contributed by atoms with Crippen LogP contribution in [0.5, 0.6) is 0 Å². The van der Waals surface area contributed by atoms with Gasteiger partial charge in [0.25, 0.3) is 0 Å². The molecular weight excluding hydrogens is 508 g/mol. The maximum absolute atomic E-state index is 14.8. The highest BCUT2D eigenvalue weighted by atomic mass is 35.5. The number of amides is 1. The largest absolute Gasteiger partial charge is 0.384 e. The topological polar surface area (TPSA) is 43.8 Å². The predicted octanol–water partition coefficient (Wildman–Crippen LogP) is 5.48. The molecule has 4 rings (SSSR count). The number of aliphatic hydroxyl groups is 1. The summed E-state index contributed by atoms with van der Waals surface area (Å²) in [6.45, 7) is 10.8. The summed E-state index contributed by atoms with van der Waals surface area (Å²) in [5, 5.41) is 11.6. The molecule has 0 aliphatic carbocycles. The van der Waals surface area contributed by atoms with Crippen molar-refractivity contribution in [2.75, 3.05) is 26.2 Å². The van der Waals surface area contributed by atoms with Gasteiger partial charge in [0.05, 0.1) is 5.92 Å². The molecule has 0 radical (unpaired) electrons. The average Bonchev–Trinajstić information content (AvgIpc) is 3.22. The van der Waals surface area contributed by atoms with Crippen molar-refractivity contribution in [3.63, 3.8) is 0 Å². The molecule has 0 aromatic heterocycles. The van der Waals surface area contributed by atoms with Gasteiger partial charge in [0.15, 0.2) is 0 Å². The molecule has 4 nitrogen and oxygen atoms in total. The van der Waals surface area contributed by atoms with Crippen molar-refractivity contribution in [3.05, 3.63) is 70.8 Å². The van der Waals surface area contributed by atoms with Gasteiger partial charge in [-0.2, -0.15) is 0 Å². The SMILES string of the molecule is C[C@@H]1CN(C(=O)[C@@H]2CN(C(C)(C)C)C[C@H]2c2ccc(F)cc2F)C[C@H](C)C1(O)c1ccc(F)cc1F.Cl. The minimum absolute atomic E-state index is 0. The Morgan fingerprint density at radius 2 is 1.43 bits per heavy atom. The summed E-state index contributed by atoms with van der Waals surface area (Å²) in [4.78, 5) is 17.7. The fourth-order valence-corrected chi connectivity index (χ4v) is 5.98. The van der Waals surface area contributed by atoms with E-state index >= 15 is 0 Å². The number of carbonyl (C=O) groups excluding carboxylic acids is 1. The summed E-state index contributed by atoms with van der Waals surface area (Å²) in [6.07, 6.45) is 0. The number of rotatable bonds is 3. The zero-order chi connectivity index (χ0) is 26.6. The van der Waals surface area contributed by atoms with Crippen LogP contribution in [-0.2, 0) is 10.4 Å². The molecule has 5 atom stereocenters. The van der Waals surface area contributed by atoms with Crippen molar-refractivity contribution in [1.29, 1.82) is 0 Å². The zero-order valence-electron chi connectivity index (χ0n) is 21.8. The molecule has 1 N–H and O–H groups in total. The molecule has 0 saturated carbocycles. The Morgan fingerprint density at radius 3 is 1.95 bits per heavy atom. The van der Waals surface area contributed by atoms with Crippen LogP contribution in [-0.4, -0.2) is 52.5 Å². The molecule has 1 unspecified atom stereocenters. The van der Waals surface area contributed by atoms with Crippen LogP contribution in [0, 0.1) is 41.0 Å². The minimum atomic E-state index is -1.58. The maximum atomic E-state index is 14.8. The zero-order valence-corrected chi connectivity index (χ0v) is 22.6. The van der Waals surface area contributed by atoms with Gasteiger partial charge in [-0.05, 0) is 38.5 Å². The van der Waals surface area contributed by atoms with E-state index < -0.39 is 52.5 Å². The lowest BCUT2D eigenvalue weighted by Gasteiger charge is -2.48. The molecule has 1 amide bonds. The van der Waals surface area contributed by atoms with Gasteiger partial charge in [-0.1, -0.05) is 26.0 Å². The minimum Gasteiger partial charge on any atom is -0.384 e. The van der Waals surface area contributed by atoms with Crippen molar-refractivity contribution >= 4 is 18.3 Å². The molecule has 2 fully saturated rings. The Balaban J connectivity index is 0.00000380. The fraction of sp³-hybridized carbons (Fsp3) is 0.536. The first-order chi connectivity index (χ1) is 16.7. The maximum Gasteiger partial charge on any atom is 0.227 e. The standard InChI is InChI=1S/C28H34F4N2O2.ClH/c1-16-12-33(13-17(2)28(16,36)23-9-7-19(30)11-25(23)32)26(35)22-15-34(27(3,4)5)14-21(22)20-8-6-18(29)10-24(20)31;/h6-11,16-17,21-22,36H,12-15H2,1-5H3;1H/t16-,17+,21-,22+,28?;/m0./s1. The summed E-state index contributed by atoms with van der Waals surface area (Å²) < 4.78 is 56.5. The molecule has 2 aliphatic rings. The summed E-state index contributed by atoms with van der Waals surface area (Å²) in [5.74, 6) is -5.15. The lowest BCUT2D eigenvalue weighted by molar-refractivity contribution is -0.153. The third-order valence-electron chi connectivity index (χ3n) is 8.11. The Bertz CT molecular complexity index is 1140. The highest BCUT2D eigenvalue weighted by Crippen LogP contribution is 2.44. The van der Waals surface area contributed by atoms with Crippen molar-refractivity contribution in [2.24, 2.45) is 17.8 Å². The van der Waals surface area contributed by atoms with Crippen LogP contribution in [0.4, 0.5) is 17.6 Å². The third kappa shape index (κ3) is 5.38. The van der Waals surface area contributed by atoms with E-state index in [1.165, 1.54) is 18.2 Å². The number of nitrogens with zero attached hydrogens (tertiary/aromatic N) is 2. The Kier molecular flexibility index (Phi) is 8.38. The average molecular weight is 543 g/mol. The second-order valence-corrected chi connectivity index (χ2v) is 11.4. The first-order valence-electron chi connectivity index (χ1n) is 12.4. The van der Waals surface area contributed by atoms with Crippen LogP contribution in [0.25, 0.3) is 0 Å². The van der Waals surface area contributed by atoms with Gasteiger partial charge in [0.1, 0.15) is 28.9 Å². The molecule has 0 spiro atoms. The number of halogens is 5. The molecule has 2 aromatic carbocycles. The van der Waals surface area contributed by atoms with Gasteiger partial charge >= 0.3 is 0 Å². The van der Waals surface area contributed by atoms with E-state index in [0.29, 0.717) is 18.7 Å². The molecular formula is C28H35ClF4N2O2. The molecule has 2 aromatic rings. The normalized spacial score (nSPS) is 28.8. The number of likely N-dealkylation sites (tertiary alicyclic amines) is 2. The van der Waals surface area contributed by atoms with Gasteiger partial charge < -0.3 is 10.0 Å². The first kappa shape index (κ1) is 29.4. The summed E-state index contributed by atoms with van der Waals surface area (Å²) in [5.41, 5.74) is -1.51. The van der Waals surface area contributed by atoms with Crippen LogP contribution in [0.3, 0.4) is 0 Å². The van der Waals surface area contributed by atoms with Crippen molar-refractivity contribution in [2.45, 2.75) is 51.7 Å². The summed E-state index contributed by atoms with van der Waals surface area (Å²) in [7, 11) is 0. The van der Waals surface area contributed by atoms with Crippen LogP contribution in [0.2, 0.25) is 0 Å². The molecule has 2 heterocycles. The van der Waals surface area contributed by atoms with E-state index in [9.17, 15) is 27.5 Å². The van der Waals surface area contributed by atoms with E-state index in [1.807, 2.05) is 20.8 Å². The van der Waals surface area contributed by atoms with Crippen molar-refractivity contribution in [1.82, 2.24) is 9.80 Å². The van der Waals surface area contributed by atoms with Gasteiger partial charge in [0, 0.05) is 67.2 Å². The van der Waals surface area contributed by atoms with E-state index in [0.717, 1.165) is 18.2 Å². The second-order valence-electron chi connectivity index (χ2n) is 11.4. The third-order valence-corrected chi connectivity index (χ3v) is 8.11. The van der Waals surface area contributed by atoms with Gasteiger partial charge in [-0.15, -0.1) is 12.4 Å². The molecule has 9 heteroatoms. The van der Waals surface area contributed by atoms with Gasteiger partial charge in [-0.3, -0.25) is 9.69 Å². The van der Waals surface area contributed by atoms with Gasteiger partial charge in [0.2, 0.25) is 5.91 Å². The van der Waals surface area contributed by atoms with Crippen LogP contribution in [0.1, 0.15) is 51.7 Å². The molecule has 37 heavy (non-hydrogen) atoms. The van der Waals surface area contributed by atoms with Crippen molar-refractivity contribution < 1.29 is 27.5 Å². The highest BCUT2D eigenvalue weighted by Gasteiger charge is 2.51. The van der Waals surface area contributed by atoms with E-state index in [4.69, 9.17) is 0 Å². The lowest BCUT2D eigenvalue weighted by Crippen LogP contribution is -2.57. The number of hydrogen-bond acceptors (Lipinski definition) is 3. The second kappa shape index (κ2) is 10.5. The van der Waals surface area contributed by atoms with E-state index in [2.05, 4.69) is 4.90 Å². The summed E-state index contributed by atoms with van der Waals surface area (Å²) in [6, 6.07) is 6.61. The van der Waals surface area contributed by atoms with Crippen LogP contribution < -0.4 is 0 Å². The number of benzene rings is 2. The Labute approximate surface area is 222 Å². The highest BCUT2D eigenvalue weighted by molar-refractivity contribution is 5.85. The Morgan fingerprint density at radius 1 is 0.892 bits per heavy atom. The molecule has 204 valence electrons. The van der Waals surface area contributed by atoms with E-state index in [1.54, 1.807) is 18.7 Å². The number of carbonyl (C=O) groups is 1.